The lowest BCUT2D eigenvalue weighted by atomic mass is 9.89. The van der Waals surface area contributed by atoms with Gasteiger partial charge in [-0.15, -0.1) is 0 Å². The van der Waals surface area contributed by atoms with Crippen molar-refractivity contribution >= 4 is 27.3 Å². The second-order valence-electron chi connectivity index (χ2n) is 6.59. The van der Waals surface area contributed by atoms with E-state index in [1.54, 1.807) is 17.0 Å². The van der Waals surface area contributed by atoms with Crippen LogP contribution in [0.2, 0.25) is 5.02 Å². The van der Waals surface area contributed by atoms with E-state index in [-0.39, 0.29) is 23.0 Å². The Kier molecular flexibility index (Phi) is 5.99. The van der Waals surface area contributed by atoms with E-state index in [2.05, 4.69) is 12.1 Å². The zero-order valence-electron chi connectivity index (χ0n) is 14.5. The minimum absolute atomic E-state index is 0.0148. The first-order valence-corrected chi connectivity index (χ1v) is 10.8. The summed E-state index contributed by atoms with van der Waals surface area (Å²) < 4.78 is 24.7. The highest BCUT2D eigenvalue weighted by molar-refractivity contribution is 7.91. The van der Waals surface area contributed by atoms with Crippen molar-refractivity contribution in [2.24, 2.45) is 0 Å². The molecule has 0 unspecified atom stereocenters. The van der Waals surface area contributed by atoms with Crippen LogP contribution in [0.1, 0.15) is 30.7 Å². The second-order valence-corrected chi connectivity index (χ2v) is 9.13. The summed E-state index contributed by atoms with van der Waals surface area (Å²) in [6.45, 7) is 1.36. The smallest absolute Gasteiger partial charge is 0.223 e. The standard InChI is InChI=1S/C20H22ClNO3S/c21-18-6-8-19(9-7-18)26(24,25)15-12-20(23)22-13-10-17(11-14-22)16-4-2-1-3-5-16/h1-9,17H,10-15H2. The number of hydrogen-bond acceptors (Lipinski definition) is 3. The summed E-state index contributed by atoms with van der Waals surface area (Å²) in [5.41, 5.74) is 1.31. The van der Waals surface area contributed by atoms with E-state index in [4.69, 9.17) is 11.6 Å². The third-order valence-electron chi connectivity index (χ3n) is 4.88. The van der Waals surface area contributed by atoms with Crippen LogP contribution >= 0.6 is 11.6 Å². The van der Waals surface area contributed by atoms with Gasteiger partial charge in [0.1, 0.15) is 0 Å². The Bertz CT molecular complexity index is 842. The van der Waals surface area contributed by atoms with E-state index in [0.29, 0.717) is 24.0 Å². The van der Waals surface area contributed by atoms with E-state index >= 15 is 0 Å². The molecule has 1 aliphatic heterocycles. The Morgan fingerprint density at radius 3 is 2.23 bits per heavy atom. The lowest BCUT2D eigenvalue weighted by Gasteiger charge is -2.32. The summed E-state index contributed by atoms with van der Waals surface area (Å²) in [5, 5.41) is 0.487. The fraction of sp³-hybridized carbons (Fsp3) is 0.350. The number of carbonyl (C=O) groups is 1. The highest BCUT2D eigenvalue weighted by atomic mass is 35.5. The number of nitrogens with zero attached hydrogens (tertiary/aromatic N) is 1. The molecule has 26 heavy (non-hydrogen) atoms. The zero-order valence-corrected chi connectivity index (χ0v) is 16.0. The summed E-state index contributed by atoms with van der Waals surface area (Å²) in [4.78, 5) is 14.4. The molecule has 0 aromatic heterocycles. The van der Waals surface area contributed by atoms with Crippen LogP contribution in [0, 0.1) is 0 Å². The lowest BCUT2D eigenvalue weighted by molar-refractivity contribution is -0.131. The predicted octanol–water partition coefficient (Wildman–Crippen LogP) is 3.91. The van der Waals surface area contributed by atoms with Gasteiger partial charge in [-0.3, -0.25) is 4.79 Å². The molecule has 138 valence electrons. The molecule has 0 radical (unpaired) electrons. The summed E-state index contributed by atoms with van der Waals surface area (Å²) in [6.07, 6.45) is 1.85. The van der Waals surface area contributed by atoms with Gasteiger partial charge in [0, 0.05) is 24.5 Å². The lowest BCUT2D eigenvalue weighted by Crippen LogP contribution is -2.38. The Morgan fingerprint density at radius 1 is 1.00 bits per heavy atom. The molecule has 4 nitrogen and oxygen atoms in total. The van der Waals surface area contributed by atoms with Crippen molar-refractivity contribution in [1.82, 2.24) is 4.90 Å². The molecular weight excluding hydrogens is 370 g/mol. The second kappa shape index (κ2) is 8.23. The van der Waals surface area contributed by atoms with Crippen molar-refractivity contribution in [3.8, 4) is 0 Å². The maximum atomic E-state index is 12.4. The first-order valence-electron chi connectivity index (χ1n) is 8.77. The number of amides is 1. The van der Waals surface area contributed by atoms with Gasteiger partial charge in [-0.2, -0.15) is 0 Å². The molecule has 1 amide bonds. The van der Waals surface area contributed by atoms with Crippen molar-refractivity contribution in [2.45, 2.75) is 30.1 Å². The number of sulfone groups is 1. The van der Waals surface area contributed by atoms with E-state index < -0.39 is 9.84 Å². The molecule has 0 aliphatic carbocycles. The third-order valence-corrected chi connectivity index (χ3v) is 6.86. The van der Waals surface area contributed by atoms with Gasteiger partial charge in [-0.05, 0) is 48.6 Å². The van der Waals surface area contributed by atoms with Crippen molar-refractivity contribution in [2.75, 3.05) is 18.8 Å². The van der Waals surface area contributed by atoms with Crippen LogP contribution in [0.4, 0.5) is 0 Å². The van der Waals surface area contributed by atoms with Crippen LogP contribution in [0.3, 0.4) is 0 Å². The van der Waals surface area contributed by atoms with Crippen molar-refractivity contribution in [3.63, 3.8) is 0 Å². The van der Waals surface area contributed by atoms with Crippen LogP contribution in [0.25, 0.3) is 0 Å². The number of likely N-dealkylation sites (tertiary alicyclic amines) is 1. The topological polar surface area (TPSA) is 54.5 Å². The van der Waals surface area contributed by atoms with Gasteiger partial charge < -0.3 is 4.90 Å². The Balaban J connectivity index is 1.52. The average Bonchev–Trinajstić information content (AvgIpc) is 2.67. The summed E-state index contributed by atoms with van der Waals surface area (Å²) in [5.74, 6) is 0.207. The molecule has 0 atom stereocenters. The van der Waals surface area contributed by atoms with Crippen LogP contribution in [0.15, 0.2) is 59.5 Å². The molecule has 2 aromatic rings. The average molecular weight is 392 g/mol. The molecule has 1 fully saturated rings. The Hall–Kier alpha value is -1.85. The zero-order chi connectivity index (χ0) is 18.6. The highest BCUT2D eigenvalue weighted by Crippen LogP contribution is 2.28. The number of hydrogen-bond donors (Lipinski definition) is 0. The number of piperidine rings is 1. The van der Waals surface area contributed by atoms with Crippen molar-refractivity contribution < 1.29 is 13.2 Å². The molecule has 0 N–H and O–H groups in total. The SMILES string of the molecule is O=C(CCS(=O)(=O)c1ccc(Cl)cc1)N1CCC(c2ccccc2)CC1. The molecule has 3 rings (SSSR count). The van der Waals surface area contributed by atoms with Crippen molar-refractivity contribution in [1.29, 1.82) is 0 Å². The molecule has 2 aromatic carbocycles. The van der Waals surface area contributed by atoms with Crippen molar-refractivity contribution in [3.05, 3.63) is 65.2 Å². The third kappa shape index (κ3) is 4.65. The van der Waals surface area contributed by atoms with Gasteiger partial charge in [-0.25, -0.2) is 8.42 Å². The molecule has 1 saturated heterocycles. The van der Waals surface area contributed by atoms with Crippen LogP contribution in [-0.2, 0) is 14.6 Å². The maximum Gasteiger partial charge on any atom is 0.223 e. The number of rotatable bonds is 5. The fourth-order valence-corrected chi connectivity index (χ4v) is 4.68. The highest BCUT2D eigenvalue weighted by Gasteiger charge is 2.25. The van der Waals surface area contributed by atoms with Gasteiger partial charge >= 0.3 is 0 Å². The molecule has 6 heteroatoms. The van der Waals surface area contributed by atoms with Gasteiger partial charge in [0.15, 0.2) is 9.84 Å². The monoisotopic (exact) mass is 391 g/mol. The Labute approximate surface area is 159 Å². The van der Waals surface area contributed by atoms with Crippen LogP contribution in [0.5, 0.6) is 0 Å². The molecule has 0 bridgehead atoms. The van der Waals surface area contributed by atoms with E-state index in [1.165, 1.54) is 17.7 Å². The van der Waals surface area contributed by atoms with Gasteiger partial charge in [-0.1, -0.05) is 41.9 Å². The van der Waals surface area contributed by atoms with E-state index in [1.807, 2.05) is 18.2 Å². The van der Waals surface area contributed by atoms with Gasteiger partial charge in [0.25, 0.3) is 0 Å². The fourth-order valence-electron chi connectivity index (χ4n) is 3.33. The molecule has 1 heterocycles. The molecule has 1 aliphatic rings. The summed E-state index contributed by atoms with van der Waals surface area (Å²) >= 11 is 5.79. The quantitative estimate of drug-likeness (QED) is 0.776. The molecule has 0 spiro atoms. The number of halogens is 1. The number of carbonyl (C=O) groups excluding carboxylic acids is 1. The number of benzene rings is 2. The van der Waals surface area contributed by atoms with Crippen LogP contribution in [-0.4, -0.2) is 38.1 Å². The molecular formula is C20H22ClNO3S. The largest absolute Gasteiger partial charge is 0.343 e. The van der Waals surface area contributed by atoms with Gasteiger partial charge in [0.2, 0.25) is 5.91 Å². The van der Waals surface area contributed by atoms with Gasteiger partial charge in [0.05, 0.1) is 10.6 Å². The Morgan fingerprint density at radius 2 is 1.62 bits per heavy atom. The summed E-state index contributed by atoms with van der Waals surface area (Å²) in [6, 6.07) is 16.4. The van der Waals surface area contributed by atoms with E-state index in [9.17, 15) is 13.2 Å². The molecule has 0 saturated carbocycles. The van der Waals surface area contributed by atoms with E-state index in [0.717, 1.165) is 12.8 Å². The van der Waals surface area contributed by atoms with Crippen LogP contribution < -0.4 is 0 Å². The predicted molar refractivity (Wildman–Crippen MR) is 103 cm³/mol. The summed E-state index contributed by atoms with van der Waals surface area (Å²) in [7, 11) is -3.47. The normalized spacial score (nSPS) is 15.8. The first kappa shape index (κ1) is 18.9. The minimum atomic E-state index is -3.47. The first-order chi connectivity index (χ1) is 12.5. The maximum absolute atomic E-state index is 12.4. The minimum Gasteiger partial charge on any atom is -0.343 e.